The van der Waals surface area contributed by atoms with Crippen LogP contribution in [0.15, 0.2) is 53.4 Å². The summed E-state index contributed by atoms with van der Waals surface area (Å²) in [5, 5.41) is 2.60. The molecule has 21 heavy (non-hydrogen) atoms. The Morgan fingerprint density at radius 1 is 1.10 bits per heavy atom. The Balaban J connectivity index is 2.12. The van der Waals surface area contributed by atoms with Crippen molar-refractivity contribution < 1.29 is 13.2 Å². The molecule has 2 aromatic carbocycles. The molecule has 0 atom stereocenters. The molecule has 110 valence electrons. The van der Waals surface area contributed by atoms with Gasteiger partial charge in [-0.05, 0) is 42.8 Å². The Morgan fingerprint density at radius 2 is 1.71 bits per heavy atom. The van der Waals surface area contributed by atoms with Gasteiger partial charge in [-0.2, -0.15) is 0 Å². The second-order valence-corrected chi connectivity index (χ2v) is 6.68. The minimum absolute atomic E-state index is 0.0802. The van der Waals surface area contributed by atoms with Crippen LogP contribution in [0.2, 0.25) is 0 Å². The van der Waals surface area contributed by atoms with Crippen LogP contribution in [0.3, 0.4) is 0 Å². The normalized spacial score (nSPS) is 11.1. The van der Waals surface area contributed by atoms with E-state index in [1.54, 1.807) is 12.1 Å². The Hall–Kier alpha value is -2.34. The van der Waals surface area contributed by atoms with E-state index in [-0.39, 0.29) is 4.90 Å². The van der Waals surface area contributed by atoms with Gasteiger partial charge in [0.1, 0.15) is 5.75 Å². The summed E-state index contributed by atoms with van der Waals surface area (Å²) in [6.07, 6.45) is 0. The average molecular weight is 304 g/mol. The van der Waals surface area contributed by atoms with Gasteiger partial charge < -0.3 is 11.1 Å². The average Bonchev–Trinajstić information content (AvgIpc) is 2.41. The number of carbonyl (C=O) groups is 1. The molecule has 6 heteroatoms. The molecule has 0 radical (unpaired) electrons. The molecule has 0 saturated heterocycles. The maximum Gasteiger partial charge on any atom is 0.239 e. The summed E-state index contributed by atoms with van der Waals surface area (Å²) in [7, 11) is -3.68. The number of nitrogens with one attached hydrogen (secondary N) is 1. The highest BCUT2D eigenvalue weighted by Gasteiger charge is 2.19. The first-order valence-corrected chi connectivity index (χ1v) is 7.97. The molecule has 0 bridgehead atoms. The van der Waals surface area contributed by atoms with E-state index in [2.05, 4.69) is 5.32 Å². The van der Waals surface area contributed by atoms with E-state index >= 15 is 0 Å². The van der Waals surface area contributed by atoms with E-state index in [1.165, 1.54) is 24.3 Å². The Kier molecular flexibility index (Phi) is 4.28. The minimum Gasteiger partial charge on any atom is -0.399 e. The van der Waals surface area contributed by atoms with Crippen LogP contribution in [0.5, 0.6) is 0 Å². The number of hydrogen-bond donors (Lipinski definition) is 2. The number of nitrogens with two attached hydrogens (primary N) is 1. The third-order valence-electron chi connectivity index (χ3n) is 2.98. The highest BCUT2D eigenvalue weighted by atomic mass is 32.2. The molecule has 2 rings (SSSR count). The second-order valence-electron chi connectivity index (χ2n) is 4.69. The van der Waals surface area contributed by atoms with Crippen molar-refractivity contribution in [3.63, 3.8) is 0 Å². The summed E-state index contributed by atoms with van der Waals surface area (Å²) < 4.78 is 24.3. The van der Waals surface area contributed by atoms with Crippen molar-refractivity contribution in [2.24, 2.45) is 0 Å². The van der Waals surface area contributed by atoms with Gasteiger partial charge in [-0.1, -0.05) is 18.2 Å². The molecule has 0 fully saturated rings. The Bertz CT molecular complexity index is 753. The zero-order chi connectivity index (χ0) is 15.5. The van der Waals surface area contributed by atoms with Crippen LogP contribution < -0.4 is 11.1 Å². The minimum atomic E-state index is -3.68. The van der Waals surface area contributed by atoms with Crippen LogP contribution >= 0.6 is 0 Å². The molecule has 0 aliphatic heterocycles. The quantitative estimate of drug-likeness (QED) is 0.845. The van der Waals surface area contributed by atoms with Gasteiger partial charge in [0.05, 0.1) is 4.90 Å². The van der Waals surface area contributed by atoms with Crippen molar-refractivity contribution in [2.75, 3.05) is 16.8 Å². The molecule has 0 unspecified atom stereocenters. The van der Waals surface area contributed by atoms with E-state index < -0.39 is 21.5 Å². The van der Waals surface area contributed by atoms with Crippen molar-refractivity contribution >= 4 is 27.1 Å². The Morgan fingerprint density at radius 3 is 2.33 bits per heavy atom. The zero-order valence-electron chi connectivity index (χ0n) is 11.5. The number of carbonyl (C=O) groups excluding carboxylic acids is 1. The first kappa shape index (κ1) is 15.1. The molecule has 0 aromatic heterocycles. The van der Waals surface area contributed by atoms with Crippen LogP contribution in [0.25, 0.3) is 0 Å². The third-order valence-corrected chi connectivity index (χ3v) is 4.61. The Labute approximate surface area is 123 Å². The summed E-state index contributed by atoms with van der Waals surface area (Å²) in [5.41, 5.74) is 7.46. The molecule has 5 nitrogen and oxygen atoms in total. The van der Waals surface area contributed by atoms with Crippen LogP contribution in [0.1, 0.15) is 5.56 Å². The van der Waals surface area contributed by atoms with Crippen molar-refractivity contribution in [2.45, 2.75) is 11.8 Å². The fourth-order valence-corrected chi connectivity index (χ4v) is 2.97. The smallest absolute Gasteiger partial charge is 0.239 e. The second kappa shape index (κ2) is 5.97. The zero-order valence-corrected chi connectivity index (χ0v) is 12.4. The maximum absolute atomic E-state index is 12.1. The van der Waals surface area contributed by atoms with Crippen molar-refractivity contribution in [3.8, 4) is 0 Å². The fourth-order valence-electron chi connectivity index (χ4n) is 1.83. The molecule has 0 spiro atoms. The number of amides is 1. The number of nitrogen functional groups attached to an aromatic ring is 1. The SMILES string of the molecule is Cc1ccccc1NC(=O)CS(=O)(=O)c1ccc(N)cc1. The molecule has 0 aliphatic carbocycles. The van der Waals surface area contributed by atoms with Crippen LogP contribution in [-0.2, 0) is 14.6 Å². The molecule has 2 aromatic rings. The standard InChI is InChI=1S/C15H16N2O3S/c1-11-4-2-3-5-14(11)17-15(18)10-21(19,20)13-8-6-12(16)7-9-13/h2-9H,10,16H2,1H3,(H,17,18). The number of aryl methyl sites for hydroxylation is 1. The van der Waals surface area contributed by atoms with Gasteiger partial charge in [-0.25, -0.2) is 8.42 Å². The number of anilines is 2. The van der Waals surface area contributed by atoms with Crippen molar-refractivity contribution in [3.05, 3.63) is 54.1 Å². The molecule has 0 aliphatic rings. The van der Waals surface area contributed by atoms with Gasteiger partial charge in [0.15, 0.2) is 9.84 Å². The van der Waals surface area contributed by atoms with E-state index in [1.807, 2.05) is 19.1 Å². The largest absolute Gasteiger partial charge is 0.399 e. The summed E-state index contributed by atoms with van der Waals surface area (Å²) in [4.78, 5) is 12.0. The molecular weight excluding hydrogens is 288 g/mol. The van der Waals surface area contributed by atoms with Crippen molar-refractivity contribution in [1.29, 1.82) is 0 Å². The number of para-hydroxylation sites is 1. The van der Waals surface area contributed by atoms with E-state index in [0.29, 0.717) is 11.4 Å². The lowest BCUT2D eigenvalue weighted by Crippen LogP contribution is -2.23. The molecule has 1 amide bonds. The van der Waals surface area contributed by atoms with E-state index in [0.717, 1.165) is 5.56 Å². The topological polar surface area (TPSA) is 89.3 Å². The molecule has 0 heterocycles. The lowest BCUT2D eigenvalue weighted by Gasteiger charge is -2.08. The van der Waals surface area contributed by atoms with Crippen LogP contribution in [0, 0.1) is 6.92 Å². The number of hydrogen-bond acceptors (Lipinski definition) is 4. The molecule has 0 saturated carbocycles. The summed E-state index contributed by atoms with van der Waals surface area (Å²) in [5.74, 6) is -1.17. The first-order valence-electron chi connectivity index (χ1n) is 6.32. The number of sulfone groups is 1. The molecular formula is C15H16N2O3S. The van der Waals surface area contributed by atoms with Crippen LogP contribution in [-0.4, -0.2) is 20.1 Å². The van der Waals surface area contributed by atoms with Crippen molar-refractivity contribution in [1.82, 2.24) is 0 Å². The maximum atomic E-state index is 12.1. The summed E-state index contributed by atoms with van der Waals surface area (Å²) in [6.45, 7) is 1.84. The third kappa shape index (κ3) is 3.82. The number of benzene rings is 2. The van der Waals surface area contributed by atoms with Gasteiger partial charge >= 0.3 is 0 Å². The van der Waals surface area contributed by atoms with E-state index in [4.69, 9.17) is 5.73 Å². The fraction of sp³-hybridized carbons (Fsp3) is 0.133. The summed E-state index contributed by atoms with van der Waals surface area (Å²) >= 11 is 0. The summed E-state index contributed by atoms with van der Waals surface area (Å²) in [6, 6.07) is 13.0. The predicted octanol–water partition coefficient (Wildman–Crippen LogP) is 1.99. The highest BCUT2D eigenvalue weighted by Crippen LogP contribution is 2.16. The number of rotatable bonds is 4. The first-order chi connectivity index (χ1) is 9.88. The molecule has 3 N–H and O–H groups in total. The van der Waals surface area contributed by atoms with E-state index in [9.17, 15) is 13.2 Å². The van der Waals surface area contributed by atoms with Gasteiger partial charge in [-0.15, -0.1) is 0 Å². The van der Waals surface area contributed by atoms with Gasteiger partial charge in [0.25, 0.3) is 0 Å². The van der Waals surface area contributed by atoms with Gasteiger partial charge in [0, 0.05) is 11.4 Å². The van der Waals surface area contributed by atoms with Gasteiger partial charge in [-0.3, -0.25) is 4.79 Å². The van der Waals surface area contributed by atoms with Crippen LogP contribution in [0.4, 0.5) is 11.4 Å². The lowest BCUT2D eigenvalue weighted by atomic mass is 10.2. The lowest BCUT2D eigenvalue weighted by molar-refractivity contribution is -0.113. The van der Waals surface area contributed by atoms with Gasteiger partial charge in [0.2, 0.25) is 5.91 Å². The monoisotopic (exact) mass is 304 g/mol. The predicted molar refractivity (Wildman–Crippen MR) is 82.7 cm³/mol. The highest BCUT2D eigenvalue weighted by molar-refractivity contribution is 7.92.